The smallest absolute Gasteiger partial charge is 0.250 e. The van der Waals surface area contributed by atoms with Gasteiger partial charge in [0.05, 0.1) is 5.57 Å². The molecule has 3 rings (SSSR count). The van der Waals surface area contributed by atoms with Crippen molar-refractivity contribution in [2.45, 2.75) is 13.5 Å². The van der Waals surface area contributed by atoms with E-state index in [0.717, 1.165) is 16.9 Å². The first-order valence-electron chi connectivity index (χ1n) is 7.09. The minimum atomic E-state index is -0.263. The molecule has 0 saturated heterocycles. The number of para-hydroxylation sites is 1. The van der Waals surface area contributed by atoms with Crippen LogP contribution in [0, 0.1) is 12.7 Å². The maximum Gasteiger partial charge on any atom is 0.250 e. The van der Waals surface area contributed by atoms with Crippen molar-refractivity contribution in [3.63, 3.8) is 0 Å². The fourth-order valence-corrected chi connectivity index (χ4v) is 2.29. The van der Waals surface area contributed by atoms with Gasteiger partial charge in [-0.3, -0.25) is 4.79 Å². The van der Waals surface area contributed by atoms with Gasteiger partial charge in [0.2, 0.25) is 0 Å². The standard InChI is InChI=1S/C18H16FNO2/c1-12-6-7-13(8-16(12)19)10-20-18(21)15-9-14-4-2-3-5-17(14)22-11-15/h2-9H,10-11H2,1H3,(H,20,21). The molecule has 0 aliphatic carbocycles. The van der Waals surface area contributed by atoms with E-state index in [-0.39, 0.29) is 24.9 Å². The van der Waals surface area contributed by atoms with Gasteiger partial charge < -0.3 is 10.1 Å². The van der Waals surface area contributed by atoms with Crippen molar-refractivity contribution in [3.05, 3.63) is 70.5 Å². The molecule has 0 radical (unpaired) electrons. The summed E-state index contributed by atoms with van der Waals surface area (Å²) in [7, 11) is 0. The molecule has 2 aromatic rings. The lowest BCUT2D eigenvalue weighted by molar-refractivity contribution is -0.117. The largest absolute Gasteiger partial charge is 0.488 e. The van der Waals surface area contributed by atoms with Crippen molar-refractivity contribution in [1.29, 1.82) is 0 Å². The number of hydrogen-bond donors (Lipinski definition) is 1. The minimum Gasteiger partial charge on any atom is -0.488 e. The highest BCUT2D eigenvalue weighted by molar-refractivity contribution is 5.99. The van der Waals surface area contributed by atoms with E-state index in [0.29, 0.717) is 11.1 Å². The van der Waals surface area contributed by atoms with Gasteiger partial charge in [-0.1, -0.05) is 30.3 Å². The third-order valence-corrected chi connectivity index (χ3v) is 3.61. The number of benzene rings is 2. The Morgan fingerprint density at radius 3 is 2.91 bits per heavy atom. The van der Waals surface area contributed by atoms with E-state index < -0.39 is 0 Å². The summed E-state index contributed by atoms with van der Waals surface area (Å²) in [6, 6.07) is 12.5. The molecule has 1 heterocycles. The number of fused-ring (bicyclic) bond motifs is 1. The van der Waals surface area contributed by atoms with Crippen LogP contribution in [0.4, 0.5) is 4.39 Å². The molecule has 22 heavy (non-hydrogen) atoms. The number of aryl methyl sites for hydroxylation is 1. The van der Waals surface area contributed by atoms with Gasteiger partial charge in [0.15, 0.2) is 0 Å². The van der Waals surface area contributed by atoms with Crippen LogP contribution in [-0.4, -0.2) is 12.5 Å². The third kappa shape index (κ3) is 3.01. The molecule has 0 bridgehead atoms. The van der Waals surface area contributed by atoms with E-state index in [1.165, 1.54) is 6.07 Å². The van der Waals surface area contributed by atoms with Gasteiger partial charge in [0, 0.05) is 12.1 Å². The first-order valence-corrected chi connectivity index (χ1v) is 7.09. The second-order valence-corrected chi connectivity index (χ2v) is 5.26. The maximum atomic E-state index is 13.5. The summed E-state index contributed by atoms with van der Waals surface area (Å²) >= 11 is 0. The second kappa shape index (κ2) is 6.02. The Morgan fingerprint density at radius 2 is 2.09 bits per heavy atom. The highest BCUT2D eigenvalue weighted by Gasteiger charge is 2.16. The molecule has 1 N–H and O–H groups in total. The van der Waals surface area contributed by atoms with Crippen LogP contribution in [0.1, 0.15) is 16.7 Å². The van der Waals surface area contributed by atoms with Crippen molar-refractivity contribution in [2.24, 2.45) is 0 Å². The van der Waals surface area contributed by atoms with Crippen LogP contribution in [-0.2, 0) is 11.3 Å². The van der Waals surface area contributed by atoms with Crippen LogP contribution < -0.4 is 10.1 Å². The molecule has 0 fully saturated rings. The lowest BCUT2D eigenvalue weighted by Gasteiger charge is -2.17. The Bertz CT molecular complexity index is 753. The zero-order valence-corrected chi connectivity index (χ0v) is 12.2. The Balaban J connectivity index is 1.68. The Morgan fingerprint density at radius 1 is 1.27 bits per heavy atom. The van der Waals surface area contributed by atoms with Gasteiger partial charge in [-0.25, -0.2) is 4.39 Å². The molecule has 1 amide bonds. The van der Waals surface area contributed by atoms with Crippen LogP contribution in [0.25, 0.3) is 6.08 Å². The molecule has 3 nitrogen and oxygen atoms in total. The summed E-state index contributed by atoms with van der Waals surface area (Å²) < 4.78 is 19.0. The number of amides is 1. The second-order valence-electron chi connectivity index (χ2n) is 5.26. The topological polar surface area (TPSA) is 38.3 Å². The highest BCUT2D eigenvalue weighted by Crippen LogP contribution is 2.25. The third-order valence-electron chi connectivity index (χ3n) is 3.61. The first kappa shape index (κ1) is 14.3. The average molecular weight is 297 g/mol. The van der Waals surface area contributed by atoms with Gasteiger partial charge in [-0.05, 0) is 36.3 Å². The molecular formula is C18H16FNO2. The van der Waals surface area contributed by atoms with Crippen molar-refractivity contribution < 1.29 is 13.9 Å². The lowest BCUT2D eigenvalue weighted by atomic mass is 10.1. The number of rotatable bonds is 3. The van der Waals surface area contributed by atoms with Gasteiger partial charge in [0.25, 0.3) is 5.91 Å². The quantitative estimate of drug-likeness (QED) is 0.944. The normalized spacial score (nSPS) is 12.9. The predicted molar refractivity (Wildman–Crippen MR) is 82.9 cm³/mol. The molecule has 1 aliphatic rings. The number of ether oxygens (including phenoxy) is 1. The molecule has 112 valence electrons. The summed E-state index contributed by atoms with van der Waals surface area (Å²) in [5.74, 6) is 0.316. The van der Waals surface area contributed by atoms with E-state index in [9.17, 15) is 9.18 Å². The molecule has 1 aliphatic heterocycles. The molecule has 0 atom stereocenters. The van der Waals surface area contributed by atoms with Crippen LogP contribution in [0.5, 0.6) is 5.75 Å². The highest BCUT2D eigenvalue weighted by atomic mass is 19.1. The Kier molecular flexibility index (Phi) is 3.92. The SMILES string of the molecule is Cc1ccc(CNC(=O)C2=Cc3ccccc3OC2)cc1F. The van der Waals surface area contributed by atoms with Crippen molar-refractivity contribution in [2.75, 3.05) is 6.61 Å². The number of hydrogen-bond acceptors (Lipinski definition) is 2. The van der Waals surface area contributed by atoms with Crippen LogP contribution in [0.2, 0.25) is 0 Å². The predicted octanol–water partition coefficient (Wildman–Crippen LogP) is 3.23. The van der Waals surface area contributed by atoms with Crippen LogP contribution >= 0.6 is 0 Å². The van der Waals surface area contributed by atoms with Crippen LogP contribution in [0.15, 0.2) is 48.0 Å². The van der Waals surface area contributed by atoms with Crippen molar-refractivity contribution in [1.82, 2.24) is 5.32 Å². The maximum absolute atomic E-state index is 13.5. The van der Waals surface area contributed by atoms with Gasteiger partial charge in [-0.15, -0.1) is 0 Å². The van der Waals surface area contributed by atoms with Gasteiger partial charge in [0.1, 0.15) is 18.2 Å². The first-order chi connectivity index (χ1) is 10.6. The van der Waals surface area contributed by atoms with E-state index in [4.69, 9.17) is 4.74 Å². The van der Waals surface area contributed by atoms with Gasteiger partial charge in [-0.2, -0.15) is 0 Å². The number of halogens is 1. The van der Waals surface area contributed by atoms with E-state index >= 15 is 0 Å². The fourth-order valence-electron chi connectivity index (χ4n) is 2.29. The minimum absolute atomic E-state index is 0.199. The summed E-state index contributed by atoms with van der Waals surface area (Å²) in [5.41, 5.74) is 2.77. The zero-order chi connectivity index (χ0) is 15.5. The molecule has 0 saturated carbocycles. The summed E-state index contributed by atoms with van der Waals surface area (Å²) in [4.78, 5) is 12.2. The average Bonchev–Trinajstić information content (AvgIpc) is 2.55. The summed E-state index contributed by atoms with van der Waals surface area (Å²) in [6.07, 6.45) is 1.82. The van der Waals surface area contributed by atoms with Crippen molar-refractivity contribution >= 4 is 12.0 Å². The number of carbonyl (C=O) groups excluding carboxylic acids is 1. The van der Waals surface area contributed by atoms with E-state index in [1.54, 1.807) is 19.1 Å². The molecule has 0 spiro atoms. The summed E-state index contributed by atoms with van der Waals surface area (Å²) in [5, 5.41) is 2.79. The molecule has 4 heteroatoms. The molecular weight excluding hydrogens is 281 g/mol. The molecule has 0 aromatic heterocycles. The number of nitrogens with one attached hydrogen (secondary N) is 1. The Hall–Kier alpha value is -2.62. The fraction of sp³-hybridized carbons (Fsp3) is 0.167. The molecule has 0 unspecified atom stereocenters. The summed E-state index contributed by atoms with van der Waals surface area (Å²) in [6.45, 7) is 2.24. The Labute approximate surface area is 128 Å². The number of carbonyl (C=O) groups is 1. The van der Waals surface area contributed by atoms with E-state index in [1.807, 2.05) is 30.3 Å². The van der Waals surface area contributed by atoms with Crippen molar-refractivity contribution in [3.8, 4) is 5.75 Å². The van der Waals surface area contributed by atoms with Gasteiger partial charge >= 0.3 is 0 Å². The van der Waals surface area contributed by atoms with Crippen LogP contribution in [0.3, 0.4) is 0 Å². The molecule has 2 aromatic carbocycles. The monoisotopic (exact) mass is 297 g/mol. The lowest BCUT2D eigenvalue weighted by Crippen LogP contribution is -2.28. The zero-order valence-electron chi connectivity index (χ0n) is 12.2. The van der Waals surface area contributed by atoms with E-state index in [2.05, 4.69) is 5.32 Å².